The van der Waals surface area contributed by atoms with Gasteiger partial charge in [0, 0.05) is 25.7 Å². The van der Waals surface area contributed by atoms with Crippen molar-refractivity contribution in [3.8, 4) is 5.75 Å². The molecule has 3 heterocycles. The summed E-state index contributed by atoms with van der Waals surface area (Å²) >= 11 is 0. The third kappa shape index (κ3) is 5.34. The number of likely N-dealkylation sites (N-methyl/N-ethyl adjacent to an activating group) is 1. The van der Waals surface area contributed by atoms with Crippen molar-refractivity contribution in [3.05, 3.63) is 53.1 Å². The lowest BCUT2D eigenvalue weighted by Crippen LogP contribution is -2.36. The van der Waals surface area contributed by atoms with Crippen molar-refractivity contribution in [2.24, 2.45) is 5.92 Å². The lowest BCUT2D eigenvalue weighted by Gasteiger charge is -2.23. The van der Waals surface area contributed by atoms with Crippen molar-refractivity contribution in [2.45, 2.75) is 37.8 Å². The van der Waals surface area contributed by atoms with Crippen LogP contribution in [-0.4, -0.2) is 63.9 Å². The van der Waals surface area contributed by atoms with Gasteiger partial charge in [-0.05, 0) is 24.6 Å². The average molecular weight is 477 g/mol. The molecule has 33 heavy (non-hydrogen) atoms. The van der Waals surface area contributed by atoms with Gasteiger partial charge in [0.05, 0.1) is 18.8 Å². The zero-order valence-electron chi connectivity index (χ0n) is 18.4. The molecule has 0 bridgehead atoms. The van der Waals surface area contributed by atoms with Crippen molar-refractivity contribution in [1.29, 1.82) is 0 Å². The van der Waals surface area contributed by atoms with Gasteiger partial charge in [0.1, 0.15) is 23.9 Å². The summed E-state index contributed by atoms with van der Waals surface area (Å²) < 4.78 is 19.2. The number of aliphatic hydroxyl groups excluding tert-OH is 1. The molecule has 0 spiro atoms. The molecule has 2 aliphatic heterocycles. The standard InChI is InChI=1S/C21H28N5O6P/c1-13-18(27)16(31-20(13)26-11-9-17(22)23-21(26)29)12-30-33(32-14-6-4-3-5-7-14)24-15-8-10-25(2)19(15)28/h3-7,9,11,13,15-16,18,20,24,27H,8,10,12H2,1-2H3,(H2,22,23,29). The van der Waals surface area contributed by atoms with Crippen LogP contribution in [0.25, 0.3) is 0 Å². The molecule has 2 aliphatic rings. The first kappa shape index (κ1) is 23.6. The summed E-state index contributed by atoms with van der Waals surface area (Å²) in [5, 5.41) is 13.9. The number of nitrogens with two attached hydrogens (primary N) is 1. The number of nitrogens with one attached hydrogen (secondary N) is 1. The fraction of sp³-hybridized carbons (Fsp3) is 0.476. The van der Waals surface area contributed by atoms with Crippen molar-refractivity contribution in [3.63, 3.8) is 0 Å². The first-order chi connectivity index (χ1) is 15.8. The number of nitrogen functional groups attached to an aromatic ring is 1. The topological polar surface area (TPSA) is 141 Å². The SMILES string of the molecule is CC1C(O)C(COP(NC2CCN(C)C2=O)Oc2ccccc2)OC1n1ccc(N)nc1=O. The molecule has 4 rings (SSSR count). The molecule has 1 amide bonds. The minimum atomic E-state index is -1.71. The molecule has 0 radical (unpaired) electrons. The van der Waals surface area contributed by atoms with Gasteiger partial charge in [-0.1, -0.05) is 25.1 Å². The Labute approximate surface area is 192 Å². The summed E-state index contributed by atoms with van der Waals surface area (Å²) in [6.45, 7) is 2.44. The molecule has 2 aromatic rings. The Morgan fingerprint density at radius 2 is 2.06 bits per heavy atom. The molecule has 0 saturated carbocycles. The van der Waals surface area contributed by atoms with Gasteiger partial charge < -0.3 is 29.5 Å². The number of anilines is 1. The van der Waals surface area contributed by atoms with Gasteiger partial charge in [0.25, 0.3) is 0 Å². The molecule has 178 valence electrons. The number of carbonyl (C=O) groups is 1. The fourth-order valence-electron chi connectivity index (χ4n) is 3.84. The predicted molar refractivity (Wildman–Crippen MR) is 121 cm³/mol. The number of benzene rings is 1. The number of likely N-dealkylation sites (tertiary alicyclic amines) is 1. The molecule has 4 N–H and O–H groups in total. The van der Waals surface area contributed by atoms with E-state index in [-0.39, 0.29) is 24.2 Å². The molecule has 6 atom stereocenters. The van der Waals surface area contributed by atoms with Gasteiger partial charge in [-0.15, -0.1) is 0 Å². The van der Waals surface area contributed by atoms with Crippen molar-refractivity contribution < 1.29 is 23.7 Å². The Hall–Kier alpha value is -2.56. The molecular weight excluding hydrogens is 449 g/mol. The van der Waals surface area contributed by atoms with Gasteiger partial charge in [-0.2, -0.15) is 4.98 Å². The van der Waals surface area contributed by atoms with E-state index in [1.165, 1.54) is 16.8 Å². The summed E-state index contributed by atoms with van der Waals surface area (Å²) in [4.78, 5) is 30.0. The molecule has 2 fully saturated rings. The van der Waals surface area contributed by atoms with Gasteiger partial charge in [0.2, 0.25) is 5.91 Å². The van der Waals surface area contributed by atoms with Crippen LogP contribution < -0.4 is 21.0 Å². The Bertz CT molecular complexity index is 1020. The fourth-order valence-corrected chi connectivity index (χ4v) is 5.11. The maximum Gasteiger partial charge on any atom is 0.351 e. The first-order valence-corrected chi connectivity index (χ1v) is 11.9. The third-order valence-electron chi connectivity index (χ3n) is 5.79. The lowest BCUT2D eigenvalue weighted by molar-refractivity contribution is -0.127. The second kappa shape index (κ2) is 10.1. The molecule has 11 nitrogen and oxygen atoms in total. The van der Waals surface area contributed by atoms with E-state index in [9.17, 15) is 14.7 Å². The summed E-state index contributed by atoms with van der Waals surface area (Å²) in [5.41, 5.74) is 5.01. The summed E-state index contributed by atoms with van der Waals surface area (Å²) in [7, 11) is 0.0452. The number of ether oxygens (including phenoxy) is 1. The van der Waals surface area contributed by atoms with Crippen molar-refractivity contribution in [1.82, 2.24) is 19.5 Å². The van der Waals surface area contributed by atoms with Gasteiger partial charge in [-0.25, -0.2) is 9.88 Å². The number of aromatic nitrogens is 2. The first-order valence-electron chi connectivity index (χ1n) is 10.7. The number of para-hydroxylation sites is 1. The quantitative estimate of drug-likeness (QED) is 0.472. The lowest BCUT2D eigenvalue weighted by atomic mass is 10.0. The van der Waals surface area contributed by atoms with Crippen LogP contribution >= 0.6 is 8.53 Å². The van der Waals surface area contributed by atoms with E-state index < -0.39 is 38.7 Å². The minimum Gasteiger partial charge on any atom is -0.436 e. The van der Waals surface area contributed by atoms with Crippen LogP contribution in [0, 0.1) is 5.92 Å². The van der Waals surface area contributed by atoms with Crippen LogP contribution in [0.1, 0.15) is 19.6 Å². The molecule has 12 heteroatoms. The van der Waals surface area contributed by atoms with E-state index in [0.717, 1.165) is 0 Å². The molecule has 0 aliphatic carbocycles. The summed E-state index contributed by atoms with van der Waals surface area (Å²) in [6, 6.07) is 10.2. The van der Waals surface area contributed by atoms with E-state index >= 15 is 0 Å². The largest absolute Gasteiger partial charge is 0.436 e. The maximum absolute atomic E-state index is 12.4. The summed E-state index contributed by atoms with van der Waals surface area (Å²) in [6.07, 6.45) is -0.162. The number of carbonyl (C=O) groups excluding carboxylic acids is 1. The van der Waals surface area contributed by atoms with Crippen LogP contribution in [0.15, 0.2) is 47.4 Å². The number of aliphatic hydroxyl groups is 1. The number of hydrogen-bond acceptors (Lipinski definition) is 9. The second-order valence-electron chi connectivity index (χ2n) is 8.14. The number of nitrogens with zero attached hydrogens (tertiary/aromatic N) is 3. The maximum atomic E-state index is 12.4. The molecule has 1 aromatic carbocycles. The van der Waals surface area contributed by atoms with Crippen LogP contribution in [-0.2, 0) is 14.1 Å². The molecule has 2 saturated heterocycles. The Morgan fingerprint density at radius 3 is 2.73 bits per heavy atom. The van der Waals surface area contributed by atoms with Crippen LogP contribution in [0.2, 0.25) is 0 Å². The highest BCUT2D eigenvalue weighted by Crippen LogP contribution is 2.40. The highest BCUT2D eigenvalue weighted by atomic mass is 31.2. The summed E-state index contributed by atoms with van der Waals surface area (Å²) in [5.74, 6) is 0.294. The molecule has 1 aromatic heterocycles. The number of hydrogen-bond donors (Lipinski definition) is 3. The molecule has 6 unspecified atom stereocenters. The average Bonchev–Trinajstić information content (AvgIpc) is 3.26. The highest BCUT2D eigenvalue weighted by molar-refractivity contribution is 7.45. The predicted octanol–water partition coefficient (Wildman–Crippen LogP) is 0.863. The Balaban J connectivity index is 1.43. The van der Waals surface area contributed by atoms with Gasteiger partial charge in [0.15, 0.2) is 0 Å². The van der Waals surface area contributed by atoms with Gasteiger partial charge in [-0.3, -0.25) is 9.36 Å². The van der Waals surface area contributed by atoms with E-state index in [0.29, 0.717) is 18.7 Å². The normalized spacial score (nSPS) is 28.3. The molecular formula is C21H28N5O6P. The van der Waals surface area contributed by atoms with E-state index in [1.54, 1.807) is 31.0 Å². The zero-order chi connectivity index (χ0) is 23.5. The monoisotopic (exact) mass is 477 g/mol. The van der Waals surface area contributed by atoms with Crippen LogP contribution in [0.3, 0.4) is 0 Å². The Morgan fingerprint density at radius 1 is 1.30 bits per heavy atom. The van der Waals surface area contributed by atoms with Crippen LogP contribution in [0.5, 0.6) is 5.75 Å². The number of rotatable bonds is 8. The minimum absolute atomic E-state index is 0.00143. The van der Waals surface area contributed by atoms with Crippen molar-refractivity contribution >= 4 is 20.3 Å². The number of amides is 1. The van der Waals surface area contributed by atoms with Crippen LogP contribution in [0.4, 0.5) is 5.82 Å². The highest BCUT2D eigenvalue weighted by Gasteiger charge is 2.43. The smallest absolute Gasteiger partial charge is 0.351 e. The van der Waals surface area contributed by atoms with Crippen molar-refractivity contribution in [2.75, 3.05) is 25.9 Å². The van der Waals surface area contributed by atoms with E-state index in [2.05, 4.69) is 10.1 Å². The zero-order valence-corrected chi connectivity index (χ0v) is 19.3. The third-order valence-corrected chi connectivity index (χ3v) is 7.07. The van der Waals surface area contributed by atoms with Gasteiger partial charge >= 0.3 is 14.2 Å². The Kier molecular flexibility index (Phi) is 7.26. The van der Waals surface area contributed by atoms with E-state index in [1.807, 2.05) is 18.2 Å². The second-order valence-corrected chi connectivity index (χ2v) is 9.36. The van der Waals surface area contributed by atoms with E-state index in [4.69, 9.17) is 19.5 Å².